The highest BCUT2D eigenvalue weighted by atomic mass is 16.2. The molecule has 2 unspecified atom stereocenters. The van der Waals surface area contributed by atoms with E-state index in [0.717, 1.165) is 51.5 Å². The monoisotopic (exact) mass is 397 g/mol. The first-order valence-corrected chi connectivity index (χ1v) is 10.5. The lowest BCUT2D eigenvalue weighted by molar-refractivity contribution is -0.135. The Morgan fingerprint density at radius 2 is 2.03 bits per heavy atom. The molecule has 0 aromatic carbocycles. The lowest BCUT2D eigenvalue weighted by Crippen LogP contribution is -2.53. The van der Waals surface area contributed by atoms with Crippen molar-refractivity contribution in [1.29, 1.82) is 0 Å². The largest absolute Gasteiger partial charge is 0.339 e. The number of amides is 1. The predicted molar refractivity (Wildman–Crippen MR) is 111 cm³/mol. The molecule has 1 amide bonds. The normalized spacial score (nSPS) is 23.1. The standard InChI is InChI=1S/C21H31N7O/c1-16(2)20-23-6-7-28(20)15-18-12-19(25-24-18)21(29)27-10-8-26(9-11-27)14-17-4-3-5-22-13-17/h3-7,13,16,18-19,24-25H,8-12,14-15H2,1-2H3. The summed E-state index contributed by atoms with van der Waals surface area (Å²) in [5, 5.41) is 0. The second kappa shape index (κ2) is 9.02. The number of pyridine rings is 1. The van der Waals surface area contributed by atoms with Gasteiger partial charge in [-0.15, -0.1) is 0 Å². The Morgan fingerprint density at radius 3 is 2.76 bits per heavy atom. The van der Waals surface area contributed by atoms with E-state index in [9.17, 15) is 4.79 Å². The second-order valence-corrected chi connectivity index (χ2v) is 8.33. The summed E-state index contributed by atoms with van der Waals surface area (Å²) in [4.78, 5) is 26.0. The molecule has 4 rings (SSSR count). The number of hydrazine groups is 1. The van der Waals surface area contributed by atoms with Crippen molar-refractivity contribution in [2.75, 3.05) is 26.2 Å². The number of rotatable bonds is 6. The van der Waals surface area contributed by atoms with Gasteiger partial charge in [0.2, 0.25) is 5.91 Å². The Balaban J connectivity index is 1.25. The maximum atomic E-state index is 13.0. The van der Waals surface area contributed by atoms with E-state index in [1.807, 2.05) is 29.6 Å². The maximum absolute atomic E-state index is 13.0. The van der Waals surface area contributed by atoms with Gasteiger partial charge in [0.15, 0.2) is 0 Å². The molecule has 0 aliphatic carbocycles. The molecular formula is C21H31N7O. The molecule has 8 heteroatoms. The quantitative estimate of drug-likeness (QED) is 0.757. The Bertz CT molecular complexity index is 798. The summed E-state index contributed by atoms with van der Waals surface area (Å²) in [5.74, 6) is 1.68. The molecule has 29 heavy (non-hydrogen) atoms. The van der Waals surface area contributed by atoms with E-state index in [0.29, 0.717) is 5.92 Å². The van der Waals surface area contributed by atoms with Crippen LogP contribution in [-0.2, 0) is 17.9 Å². The van der Waals surface area contributed by atoms with Crippen molar-refractivity contribution in [3.8, 4) is 0 Å². The number of aromatic nitrogens is 3. The van der Waals surface area contributed by atoms with Crippen LogP contribution in [0.4, 0.5) is 0 Å². The first-order valence-electron chi connectivity index (χ1n) is 10.5. The minimum absolute atomic E-state index is 0.157. The molecule has 2 atom stereocenters. The summed E-state index contributed by atoms with van der Waals surface area (Å²) < 4.78 is 2.19. The fourth-order valence-corrected chi connectivity index (χ4v) is 4.21. The summed E-state index contributed by atoms with van der Waals surface area (Å²) in [7, 11) is 0. The van der Waals surface area contributed by atoms with E-state index in [2.05, 4.69) is 50.2 Å². The van der Waals surface area contributed by atoms with Crippen molar-refractivity contribution >= 4 is 5.91 Å². The summed E-state index contributed by atoms with van der Waals surface area (Å²) in [6.07, 6.45) is 8.38. The number of nitrogens with one attached hydrogen (secondary N) is 2. The van der Waals surface area contributed by atoms with Gasteiger partial charge in [0.05, 0.1) is 0 Å². The van der Waals surface area contributed by atoms with Crippen LogP contribution in [0.25, 0.3) is 0 Å². The van der Waals surface area contributed by atoms with Crippen LogP contribution in [-0.4, -0.2) is 68.5 Å². The van der Waals surface area contributed by atoms with Gasteiger partial charge in [0.25, 0.3) is 0 Å². The molecule has 156 valence electrons. The fourth-order valence-electron chi connectivity index (χ4n) is 4.21. The highest BCUT2D eigenvalue weighted by molar-refractivity contribution is 5.82. The third kappa shape index (κ3) is 4.83. The van der Waals surface area contributed by atoms with Crippen LogP contribution < -0.4 is 10.9 Å². The average molecular weight is 398 g/mol. The first kappa shape index (κ1) is 20.0. The van der Waals surface area contributed by atoms with E-state index in [1.54, 1.807) is 6.20 Å². The molecule has 4 heterocycles. The van der Waals surface area contributed by atoms with Gasteiger partial charge < -0.3 is 9.47 Å². The fraction of sp³-hybridized carbons (Fsp3) is 0.571. The van der Waals surface area contributed by atoms with Crippen molar-refractivity contribution in [1.82, 2.24) is 35.2 Å². The number of hydrogen-bond acceptors (Lipinski definition) is 6. The van der Waals surface area contributed by atoms with Crippen LogP contribution in [0.3, 0.4) is 0 Å². The second-order valence-electron chi connectivity index (χ2n) is 8.33. The van der Waals surface area contributed by atoms with Crippen molar-refractivity contribution in [2.45, 2.75) is 51.4 Å². The molecule has 2 aliphatic rings. The van der Waals surface area contributed by atoms with Crippen molar-refractivity contribution in [2.24, 2.45) is 0 Å². The number of nitrogens with zero attached hydrogens (tertiary/aromatic N) is 5. The van der Waals surface area contributed by atoms with E-state index in [1.165, 1.54) is 5.56 Å². The Hall–Kier alpha value is -2.29. The molecule has 0 spiro atoms. The highest BCUT2D eigenvalue weighted by Gasteiger charge is 2.33. The molecule has 2 aromatic heterocycles. The molecule has 2 saturated heterocycles. The molecular weight excluding hydrogens is 366 g/mol. The van der Waals surface area contributed by atoms with Gasteiger partial charge in [-0.3, -0.25) is 20.1 Å². The van der Waals surface area contributed by atoms with Gasteiger partial charge in [-0.1, -0.05) is 19.9 Å². The summed E-state index contributed by atoms with van der Waals surface area (Å²) in [6, 6.07) is 4.14. The van der Waals surface area contributed by atoms with Gasteiger partial charge in [-0.05, 0) is 18.1 Å². The smallest absolute Gasteiger partial charge is 0.241 e. The lowest BCUT2D eigenvalue weighted by Gasteiger charge is -2.35. The molecule has 0 saturated carbocycles. The van der Waals surface area contributed by atoms with Crippen molar-refractivity contribution in [3.05, 3.63) is 48.3 Å². The van der Waals surface area contributed by atoms with Crippen LogP contribution in [0.5, 0.6) is 0 Å². The SMILES string of the molecule is CC(C)c1nccn1CC1CC(C(=O)N2CCN(Cc3cccnc3)CC2)NN1. The van der Waals surface area contributed by atoms with Crippen LogP contribution >= 0.6 is 0 Å². The van der Waals surface area contributed by atoms with E-state index >= 15 is 0 Å². The highest BCUT2D eigenvalue weighted by Crippen LogP contribution is 2.16. The zero-order valence-electron chi connectivity index (χ0n) is 17.3. The van der Waals surface area contributed by atoms with E-state index in [-0.39, 0.29) is 18.0 Å². The average Bonchev–Trinajstić information content (AvgIpc) is 3.39. The molecule has 2 fully saturated rings. The van der Waals surface area contributed by atoms with Crippen LogP contribution in [0.1, 0.15) is 37.6 Å². The minimum Gasteiger partial charge on any atom is -0.339 e. The number of carbonyl (C=O) groups excluding carboxylic acids is 1. The molecule has 0 bridgehead atoms. The summed E-state index contributed by atoms with van der Waals surface area (Å²) >= 11 is 0. The van der Waals surface area contributed by atoms with Crippen LogP contribution in [0.2, 0.25) is 0 Å². The molecule has 8 nitrogen and oxygen atoms in total. The molecule has 0 radical (unpaired) electrons. The van der Waals surface area contributed by atoms with Gasteiger partial charge >= 0.3 is 0 Å². The number of carbonyl (C=O) groups is 1. The predicted octanol–water partition coefficient (Wildman–Crippen LogP) is 0.981. The van der Waals surface area contributed by atoms with E-state index < -0.39 is 0 Å². The minimum atomic E-state index is -0.157. The van der Waals surface area contributed by atoms with E-state index in [4.69, 9.17) is 0 Å². The number of hydrogen-bond donors (Lipinski definition) is 2. The Kier molecular flexibility index (Phi) is 6.22. The Labute approximate surface area is 172 Å². The van der Waals surface area contributed by atoms with Gasteiger partial charge in [-0.25, -0.2) is 10.4 Å². The lowest BCUT2D eigenvalue weighted by atomic mass is 10.1. The topological polar surface area (TPSA) is 78.3 Å². The van der Waals surface area contributed by atoms with Crippen molar-refractivity contribution in [3.63, 3.8) is 0 Å². The zero-order chi connectivity index (χ0) is 20.2. The van der Waals surface area contributed by atoms with Gasteiger partial charge in [0.1, 0.15) is 11.9 Å². The first-order chi connectivity index (χ1) is 14.1. The third-order valence-corrected chi connectivity index (χ3v) is 5.77. The molecule has 2 aliphatic heterocycles. The summed E-state index contributed by atoms with van der Waals surface area (Å²) in [5.41, 5.74) is 7.75. The van der Waals surface area contributed by atoms with Gasteiger partial charge in [-0.2, -0.15) is 0 Å². The third-order valence-electron chi connectivity index (χ3n) is 5.77. The molecule has 2 aromatic rings. The van der Waals surface area contributed by atoms with Crippen LogP contribution in [0.15, 0.2) is 36.9 Å². The number of piperazine rings is 1. The number of imidazole rings is 1. The Morgan fingerprint density at radius 1 is 1.21 bits per heavy atom. The zero-order valence-corrected chi connectivity index (χ0v) is 17.3. The van der Waals surface area contributed by atoms with Crippen molar-refractivity contribution < 1.29 is 4.79 Å². The van der Waals surface area contributed by atoms with Crippen LogP contribution in [0, 0.1) is 0 Å². The molecule has 2 N–H and O–H groups in total. The van der Waals surface area contributed by atoms with Gasteiger partial charge in [0, 0.05) is 76.0 Å². The maximum Gasteiger partial charge on any atom is 0.241 e. The summed E-state index contributed by atoms with van der Waals surface area (Å²) in [6.45, 7) is 9.38.